The fourth-order valence-corrected chi connectivity index (χ4v) is 6.33. The lowest BCUT2D eigenvalue weighted by atomic mass is 9.68. The molecule has 0 aromatic heterocycles. The van der Waals surface area contributed by atoms with E-state index in [1.165, 1.54) is 12.2 Å². The van der Waals surface area contributed by atoms with E-state index in [4.69, 9.17) is 4.99 Å². The predicted octanol–water partition coefficient (Wildman–Crippen LogP) is 7.91. The van der Waals surface area contributed by atoms with Crippen LogP contribution in [0.2, 0.25) is 0 Å². The van der Waals surface area contributed by atoms with Gasteiger partial charge in [0, 0.05) is 5.57 Å². The van der Waals surface area contributed by atoms with Crippen molar-refractivity contribution in [2.75, 3.05) is 0 Å². The van der Waals surface area contributed by atoms with Gasteiger partial charge in [0.05, 0.1) is 23.7 Å². The minimum atomic E-state index is -4.56. The number of rotatable bonds is 6. The average molecular weight is 553 g/mol. The molecule has 7 heteroatoms. The van der Waals surface area contributed by atoms with Crippen LogP contribution in [0.15, 0.2) is 81.6 Å². The first-order chi connectivity index (χ1) is 18.9. The summed E-state index contributed by atoms with van der Waals surface area (Å²) in [4.78, 5) is 32.7. The Kier molecular flexibility index (Phi) is 8.75. The molecule has 4 nitrogen and oxygen atoms in total. The summed E-state index contributed by atoms with van der Waals surface area (Å²) < 4.78 is 40.9. The smallest absolute Gasteiger partial charge is 0.310 e. The minimum Gasteiger partial charge on any atom is -0.310 e. The third-order valence-electron chi connectivity index (χ3n) is 8.51. The molecular formula is C33H39F3N2O2. The summed E-state index contributed by atoms with van der Waals surface area (Å²) in [6.07, 6.45) is 14.5. The van der Waals surface area contributed by atoms with Crippen LogP contribution in [0.25, 0.3) is 0 Å². The highest BCUT2D eigenvalue weighted by Gasteiger charge is 2.50. The van der Waals surface area contributed by atoms with Crippen molar-refractivity contribution in [1.82, 2.24) is 4.90 Å². The van der Waals surface area contributed by atoms with Gasteiger partial charge in [-0.25, -0.2) is 0 Å². The van der Waals surface area contributed by atoms with Gasteiger partial charge in [0.15, 0.2) is 0 Å². The van der Waals surface area contributed by atoms with Gasteiger partial charge in [-0.05, 0) is 73.2 Å². The summed E-state index contributed by atoms with van der Waals surface area (Å²) in [5, 5.41) is 0. The van der Waals surface area contributed by atoms with Crippen molar-refractivity contribution in [3.05, 3.63) is 76.6 Å². The van der Waals surface area contributed by atoms with Gasteiger partial charge in [0.25, 0.3) is 0 Å². The van der Waals surface area contributed by atoms with E-state index in [0.717, 1.165) is 43.6 Å². The molecule has 1 saturated carbocycles. The minimum absolute atomic E-state index is 0.0686. The second kappa shape index (κ2) is 11.7. The fourth-order valence-electron chi connectivity index (χ4n) is 6.33. The van der Waals surface area contributed by atoms with Crippen molar-refractivity contribution in [3.63, 3.8) is 0 Å². The quantitative estimate of drug-likeness (QED) is 0.248. The number of halogens is 3. The first-order valence-electron chi connectivity index (χ1n) is 14.2. The molecule has 40 heavy (non-hydrogen) atoms. The number of hydrogen-bond donors (Lipinski definition) is 0. The Morgan fingerprint density at radius 3 is 2.50 bits per heavy atom. The lowest BCUT2D eigenvalue weighted by molar-refractivity contribution is -0.142. The fraction of sp³-hybridized carbons (Fsp3) is 0.515. The van der Waals surface area contributed by atoms with Crippen molar-refractivity contribution in [3.8, 4) is 0 Å². The molecule has 0 aromatic rings. The van der Waals surface area contributed by atoms with Gasteiger partial charge >= 0.3 is 6.18 Å². The van der Waals surface area contributed by atoms with Crippen molar-refractivity contribution < 1.29 is 22.8 Å². The molecule has 1 aliphatic heterocycles. The summed E-state index contributed by atoms with van der Waals surface area (Å²) in [5.41, 5.74) is 2.96. The van der Waals surface area contributed by atoms with Crippen molar-refractivity contribution in [2.45, 2.75) is 96.9 Å². The standard InChI is InChI=1S/C33H39F3N2O2/c1-5-9-29(24-12-8-10-23(22-39)14-15-24)38-30(40)21-28(25-11-6-7-13-27(20-25)33(34,35)36)37-32(38)18-16-26(17-19-32)31(2,3)4/h6-7,10-12,14-15,20,22,26,29H,5,8-9,16-19,21H2,1-4H3. The molecule has 0 aromatic carbocycles. The Balaban J connectivity index is 1.80. The van der Waals surface area contributed by atoms with Crippen molar-refractivity contribution in [2.24, 2.45) is 16.3 Å². The third kappa shape index (κ3) is 6.41. The number of aldehydes is 1. The van der Waals surface area contributed by atoms with Gasteiger partial charge in [0.2, 0.25) is 5.91 Å². The van der Waals surface area contributed by atoms with Crippen molar-refractivity contribution in [1.29, 1.82) is 0 Å². The Hall–Kier alpha value is -3.18. The first kappa shape index (κ1) is 29.8. The van der Waals surface area contributed by atoms with Crippen LogP contribution in [0.1, 0.15) is 79.1 Å². The molecule has 214 valence electrons. The predicted molar refractivity (Wildman–Crippen MR) is 153 cm³/mol. The summed E-state index contributed by atoms with van der Waals surface area (Å²) in [5.74, 6) is 0.335. The van der Waals surface area contributed by atoms with E-state index < -0.39 is 17.4 Å². The van der Waals surface area contributed by atoms with E-state index in [2.05, 4.69) is 39.5 Å². The molecule has 0 bridgehead atoms. The van der Waals surface area contributed by atoms with E-state index in [9.17, 15) is 22.8 Å². The SMILES string of the molecule is CCCC(C1=CCC=C(C=O)C=C1)N1C(=O)CC(C2=CC(C(F)(F)F)=C=CC=C2)=NC12CCC(C(C)(C)C)CC2. The number of carbonyl (C=O) groups excluding carboxylic acids is 2. The summed E-state index contributed by atoms with van der Waals surface area (Å²) in [6, 6.07) is -0.240. The highest BCUT2D eigenvalue weighted by Crippen LogP contribution is 2.48. The van der Waals surface area contributed by atoms with Gasteiger partial charge in [0.1, 0.15) is 11.9 Å². The summed E-state index contributed by atoms with van der Waals surface area (Å²) in [7, 11) is 0. The molecule has 1 spiro atoms. The van der Waals surface area contributed by atoms with E-state index in [0.29, 0.717) is 42.0 Å². The van der Waals surface area contributed by atoms with Crippen LogP contribution in [-0.4, -0.2) is 40.7 Å². The molecule has 0 saturated heterocycles. The molecule has 1 atom stereocenters. The van der Waals surface area contributed by atoms with Gasteiger partial charge in [-0.15, -0.1) is 5.73 Å². The molecule has 1 heterocycles. The zero-order valence-corrected chi connectivity index (χ0v) is 23.9. The molecule has 4 rings (SSSR count). The Morgan fingerprint density at radius 1 is 1.15 bits per heavy atom. The number of amides is 1. The lowest BCUT2D eigenvalue weighted by Crippen LogP contribution is -2.60. The second-order valence-corrected chi connectivity index (χ2v) is 12.2. The number of hydrogen-bond acceptors (Lipinski definition) is 3. The summed E-state index contributed by atoms with van der Waals surface area (Å²) >= 11 is 0. The van der Waals surface area contributed by atoms with Gasteiger partial charge < -0.3 is 4.90 Å². The number of aliphatic imine (C=N–C) groups is 1. The number of carbonyl (C=O) groups is 2. The molecule has 1 amide bonds. The topological polar surface area (TPSA) is 49.7 Å². The van der Waals surface area contributed by atoms with Gasteiger partial charge in [-0.2, -0.15) is 13.2 Å². The van der Waals surface area contributed by atoms with Crippen LogP contribution in [-0.2, 0) is 9.59 Å². The maximum atomic E-state index is 14.1. The van der Waals surface area contributed by atoms with E-state index in [1.807, 2.05) is 17.1 Å². The third-order valence-corrected chi connectivity index (χ3v) is 8.51. The molecule has 1 unspecified atom stereocenters. The van der Waals surface area contributed by atoms with Crippen LogP contribution in [0.5, 0.6) is 0 Å². The van der Waals surface area contributed by atoms with Gasteiger partial charge in [-0.1, -0.05) is 70.6 Å². The first-order valence-corrected chi connectivity index (χ1v) is 14.2. The van der Waals surface area contributed by atoms with Crippen LogP contribution >= 0.6 is 0 Å². The highest BCUT2D eigenvalue weighted by atomic mass is 19.4. The number of allylic oxidation sites excluding steroid dienone is 9. The largest absolute Gasteiger partial charge is 0.423 e. The molecular weight excluding hydrogens is 513 g/mol. The molecule has 1 fully saturated rings. The van der Waals surface area contributed by atoms with E-state index >= 15 is 0 Å². The Morgan fingerprint density at radius 2 is 1.88 bits per heavy atom. The monoisotopic (exact) mass is 552 g/mol. The Labute approximate surface area is 235 Å². The lowest BCUT2D eigenvalue weighted by Gasteiger charge is -2.53. The van der Waals surface area contributed by atoms with Crippen molar-refractivity contribution >= 4 is 17.9 Å². The molecule has 0 radical (unpaired) electrons. The summed E-state index contributed by atoms with van der Waals surface area (Å²) in [6.45, 7) is 8.76. The molecule has 3 aliphatic carbocycles. The van der Waals surface area contributed by atoms with E-state index in [1.54, 1.807) is 12.2 Å². The number of nitrogens with zero attached hydrogens (tertiary/aromatic N) is 2. The highest BCUT2D eigenvalue weighted by molar-refractivity contribution is 6.14. The number of alkyl halides is 3. The van der Waals surface area contributed by atoms with Crippen LogP contribution in [0.4, 0.5) is 13.2 Å². The van der Waals surface area contributed by atoms with Crippen LogP contribution in [0, 0.1) is 11.3 Å². The zero-order valence-electron chi connectivity index (χ0n) is 23.9. The van der Waals surface area contributed by atoms with Crippen LogP contribution in [0.3, 0.4) is 0 Å². The maximum absolute atomic E-state index is 14.1. The van der Waals surface area contributed by atoms with Gasteiger partial charge in [-0.3, -0.25) is 14.6 Å². The molecule has 4 aliphatic rings. The molecule has 0 N–H and O–H groups in total. The van der Waals surface area contributed by atoms with E-state index in [-0.39, 0.29) is 23.8 Å². The normalized spacial score (nSPS) is 26.4. The maximum Gasteiger partial charge on any atom is 0.423 e. The second-order valence-electron chi connectivity index (χ2n) is 12.2. The Bertz CT molecular complexity index is 1270. The average Bonchev–Trinajstić information content (AvgIpc) is 3.29. The zero-order chi connectivity index (χ0) is 29.1. The van der Waals surface area contributed by atoms with Crippen LogP contribution < -0.4 is 0 Å².